The second-order valence-electron chi connectivity index (χ2n) is 6.27. The lowest BCUT2D eigenvalue weighted by atomic mass is 10.0. The van der Waals surface area contributed by atoms with Crippen LogP contribution in [0.1, 0.15) is 31.5 Å². The normalized spacial score (nSPS) is 17.4. The van der Waals surface area contributed by atoms with Crippen LogP contribution >= 0.6 is 11.8 Å². The van der Waals surface area contributed by atoms with Gasteiger partial charge in [0.2, 0.25) is 5.91 Å². The summed E-state index contributed by atoms with van der Waals surface area (Å²) in [7, 11) is 0. The third-order valence-corrected chi connectivity index (χ3v) is 5.44. The zero-order valence-corrected chi connectivity index (χ0v) is 15.1. The number of carboxylic acid groups (broad SMARTS) is 1. The van der Waals surface area contributed by atoms with E-state index in [1.807, 2.05) is 6.07 Å². The number of carboxylic acids is 1. The molecule has 2 heterocycles. The molecule has 0 radical (unpaired) electrons. The summed E-state index contributed by atoms with van der Waals surface area (Å²) in [5.74, 6) is 0.578. The van der Waals surface area contributed by atoms with E-state index in [9.17, 15) is 19.5 Å². The molecular formula is C18H21N3O4S. The smallest absolute Gasteiger partial charge is 0.326 e. The molecule has 26 heavy (non-hydrogen) atoms. The van der Waals surface area contributed by atoms with Gasteiger partial charge in [0.05, 0.1) is 16.7 Å². The van der Waals surface area contributed by atoms with Crippen LogP contribution in [0.15, 0.2) is 29.1 Å². The van der Waals surface area contributed by atoms with Crippen LogP contribution in [0.4, 0.5) is 0 Å². The monoisotopic (exact) mass is 375 g/mol. The minimum atomic E-state index is -0.927. The molecule has 138 valence electrons. The number of aromatic nitrogens is 2. The Bertz CT molecular complexity index is 867. The van der Waals surface area contributed by atoms with E-state index >= 15 is 0 Å². The zero-order valence-electron chi connectivity index (χ0n) is 14.3. The van der Waals surface area contributed by atoms with Crippen molar-refractivity contribution in [2.75, 3.05) is 12.3 Å². The number of benzene rings is 1. The number of rotatable bonds is 6. The molecule has 1 aromatic heterocycles. The molecule has 0 aliphatic carbocycles. The quantitative estimate of drug-likeness (QED) is 0.749. The molecule has 1 fully saturated rings. The average Bonchev–Trinajstić information content (AvgIpc) is 2.65. The summed E-state index contributed by atoms with van der Waals surface area (Å²) in [6, 6.07) is 6.46. The van der Waals surface area contributed by atoms with Gasteiger partial charge < -0.3 is 15.0 Å². The number of hydrogen-bond donors (Lipinski definition) is 2. The lowest BCUT2D eigenvalue weighted by Gasteiger charge is -2.33. The Morgan fingerprint density at radius 2 is 2.12 bits per heavy atom. The number of thioether (sulfide) groups is 1. The van der Waals surface area contributed by atoms with Crippen LogP contribution < -0.4 is 5.56 Å². The molecule has 0 unspecified atom stereocenters. The van der Waals surface area contributed by atoms with Crippen LogP contribution in [0.5, 0.6) is 0 Å². The fourth-order valence-corrected chi connectivity index (χ4v) is 3.96. The summed E-state index contributed by atoms with van der Waals surface area (Å²) in [4.78, 5) is 44.3. The summed E-state index contributed by atoms with van der Waals surface area (Å²) < 4.78 is 0. The Morgan fingerprint density at radius 1 is 1.31 bits per heavy atom. The van der Waals surface area contributed by atoms with Crippen LogP contribution in [-0.4, -0.2) is 50.2 Å². The van der Waals surface area contributed by atoms with Crippen molar-refractivity contribution >= 4 is 34.5 Å². The predicted molar refractivity (Wildman–Crippen MR) is 100 cm³/mol. The molecule has 0 spiro atoms. The first kappa shape index (κ1) is 18.4. The lowest BCUT2D eigenvalue weighted by Crippen LogP contribution is -2.48. The van der Waals surface area contributed by atoms with Crippen molar-refractivity contribution < 1.29 is 14.7 Å². The first-order valence-corrected chi connectivity index (χ1v) is 9.79. The number of para-hydroxylation sites is 1. The van der Waals surface area contributed by atoms with Crippen LogP contribution in [0, 0.1) is 0 Å². The van der Waals surface area contributed by atoms with Crippen molar-refractivity contribution in [2.45, 2.75) is 37.5 Å². The number of aromatic amines is 1. The van der Waals surface area contributed by atoms with E-state index in [0.29, 0.717) is 41.2 Å². The van der Waals surface area contributed by atoms with Gasteiger partial charge in [0, 0.05) is 18.7 Å². The van der Waals surface area contributed by atoms with Crippen molar-refractivity contribution in [3.63, 3.8) is 0 Å². The van der Waals surface area contributed by atoms with E-state index in [0.717, 1.165) is 12.8 Å². The molecule has 1 aromatic carbocycles. The average molecular weight is 375 g/mol. The third kappa shape index (κ3) is 4.24. The minimum Gasteiger partial charge on any atom is -0.480 e. The molecule has 2 N–H and O–H groups in total. The van der Waals surface area contributed by atoms with Crippen molar-refractivity contribution in [3.05, 3.63) is 40.4 Å². The standard InChI is InChI=1S/C18H21N3O4S/c22-16(21-9-4-3-7-14(21)18(24)25)8-10-26-11-15-19-13-6-2-1-5-12(13)17(23)20-15/h1-2,5-6,14H,3-4,7-11H2,(H,24,25)(H,19,20,23)/t14-/m1/s1. The van der Waals surface area contributed by atoms with E-state index in [-0.39, 0.29) is 17.9 Å². The highest BCUT2D eigenvalue weighted by molar-refractivity contribution is 7.98. The summed E-state index contributed by atoms with van der Waals surface area (Å²) >= 11 is 1.50. The maximum absolute atomic E-state index is 12.3. The van der Waals surface area contributed by atoms with Crippen molar-refractivity contribution in [3.8, 4) is 0 Å². The molecule has 1 aliphatic rings. The number of fused-ring (bicyclic) bond motifs is 1. The first-order valence-electron chi connectivity index (χ1n) is 8.64. The molecule has 1 amide bonds. The summed E-state index contributed by atoms with van der Waals surface area (Å²) in [6.07, 6.45) is 2.50. The molecule has 8 heteroatoms. The van der Waals surface area contributed by atoms with Gasteiger partial charge in [-0.05, 0) is 31.4 Å². The van der Waals surface area contributed by atoms with Crippen LogP contribution in [0.3, 0.4) is 0 Å². The highest BCUT2D eigenvalue weighted by Crippen LogP contribution is 2.19. The van der Waals surface area contributed by atoms with Crippen molar-refractivity contribution in [1.29, 1.82) is 0 Å². The zero-order chi connectivity index (χ0) is 18.5. The largest absolute Gasteiger partial charge is 0.480 e. The Labute approximate surface area is 154 Å². The first-order chi connectivity index (χ1) is 12.6. The second-order valence-corrected chi connectivity index (χ2v) is 7.37. The summed E-state index contributed by atoms with van der Waals surface area (Å²) in [5, 5.41) is 9.81. The molecule has 0 saturated carbocycles. The number of carbonyl (C=O) groups is 2. The van der Waals surface area contributed by atoms with Gasteiger partial charge in [-0.25, -0.2) is 9.78 Å². The SMILES string of the molecule is O=C(O)[C@H]1CCCCN1C(=O)CCSCc1nc2ccccc2c(=O)[nH]1. The Morgan fingerprint density at radius 3 is 2.92 bits per heavy atom. The van der Waals surface area contributed by atoms with Gasteiger partial charge in [0.1, 0.15) is 11.9 Å². The van der Waals surface area contributed by atoms with E-state index in [4.69, 9.17) is 0 Å². The van der Waals surface area contributed by atoms with E-state index in [2.05, 4.69) is 9.97 Å². The second kappa shape index (κ2) is 8.35. The Hall–Kier alpha value is -2.35. The summed E-state index contributed by atoms with van der Waals surface area (Å²) in [6.45, 7) is 0.514. The van der Waals surface area contributed by atoms with Crippen molar-refractivity contribution in [2.24, 2.45) is 0 Å². The Balaban J connectivity index is 1.53. The lowest BCUT2D eigenvalue weighted by molar-refractivity contribution is -0.151. The van der Waals surface area contributed by atoms with Crippen molar-refractivity contribution in [1.82, 2.24) is 14.9 Å². The number of H-pyrrole nitrogens is 1. The van der Waals surface area contributed by atoms with Gasteiger partial charge in [-0.2, -0.15) is 11.8 Å². The number of amides is 1. The molecule has 7 nitrogen and oxygen atoms in total. The number of hydrogen-bond acceptors (Lipinski definition) is 5. The number of aliphatic carboxylic acids is 1. The van der Waals surface area contributed by atoms with Gasteiger partial charge in [-0.3, -0.25) is 9.59 Å². The fraction of sp³-hybridized carbons (Fsp3) is 0.444. The maximum atomic E-state index is 12.3. The highest BCUT2D eigenvalue weighted by Gasteiger charge is 2.31. The number of nitrogens with zero attached hydrogens (tertiary/aromatic N) is 2. The molecule has 1 aliphatic heterocycles. The van der Waals surface area contributed by atoms with Crippen LogP contribution in [0.25, 0.3) is 10.9 Å². The topological polar surface area (TPSA) is 103 Å². The summed E-state index contributed by atoms with van der Waals surface area (Å²) in [5.41, 5.74) is 0.487. The fourth-order valence-electron chi connectivity index (χ4n) is 3.16. The molecule has 2 aromatic rings. The highest BCUT2D eigenvalue weighted by atomic mass is 32.2. The minimum absolute atomic E-state index is 0.121. The molecular weight excluding hydrogens is 354 g/mol. The van der Waals surface area contributed by atoms with E-state index in [1.165, 1.54) is 16.7 Å². The number of carbonyl (C=O) groups excluding carboxylic acids is 1. The third-order valence-electron chi connectivity index (χ3n) is 4.47. The number of likely N-dealkylation sites (tertiary alicyclic amines) is 1. The van der Waals surface area contributed by atoms with E-state index in [1.54, 1.807) is 18.2 Å². The molecule has 1 saturated heterocycles. The van der Waals surface area contributed by atoms with Gasteiger partial charge in [0.15, 0.2) is 0 Å². The molecule has 1 atom stereocenters. The maximum Gasteiger partial charge on any atom is 0.326 e. The molecule has 0 bridgehead atoms. The van der Waals surface area contributed by atoms with E-state index < -0.39 is 12.0 Å². The van der Waals surface area contributed by atoms with Crippen LogP contribution in [0.2, 0.25) is 0 Å². The van der Waals surface area contributed by atoms with Gasteiger partial charge in [-0.15, -0.1) is 0 Å². The number of nitrogens with one attached hydrogen (secondary N) is 1. The van der Waals surface area contributed by atoms with Gasteiger partial charge >= 0.3 is 5.97 Å². The molecule has 3 rings (SSSR count). The van der Waals surface area contributed by atoms with Crippen LogP contribution in [-0.2, 0) is 15.3 Å². The van der Waals surface area contributed by atoms with Gasteiger partial charge in [-0.1, -0.05) is 12.1 Å². The Kier molecular flexibility index (Phi) is 5.92. The number of piperidine rings is 1. The van der Waals surface area contributed by atoms with Gasteiger partial charge in [0.25, 0.3) is 5.56 Å². The predicted octanol–water partition coefficient (Wildman–Crippen LogP) is 2.01.